The molecule has 4 nitrogen and oxygen atoms in total. The molecule has 82 valence electrons. The number of nitrogens with one attached hydrogen (secondary N) is 1. The van der Waals surface area contributed by atoms with Crippen LogP contribution in [0.15, 0.2) is 18.2 Å². The standard InChI is InChI=1S/C12H13N3O/c1-9-3-2-4-10(7-13)12(9)15-6-5-14-11(16)8-15/h2-4H,5-6,8H2,1H3,(H,14,16). The van der Waals surface area contributed by atoms with Gasteiger partial charge in [0.15, 0.2) is 0 Å². The van der Waals surface area contributed by atoms with Crippen molar-refractivity contribution in [2.75, 3.05) is 24.5 Å². The van der Waals surface area contributed by atoms with E-state index in [1.807, 2.05) is 24.0 Å². The number of nitrogens with zero attached hydrogens (tertiary/aromatic N) is 2. The van der Waals surface area contributed by atoms with Crippen LogP contribution in [0.5, 0.6) is 0 Å². The molecule has 2 rings (SSSR count). The third-order valence-corrected chi connectivity index (χ3v) is 2.71. The topological polar surface area (TPSA) is 56.1 Å². The first-order valence-corrected chi connectivity index (χ1v) is 5.23. The van der Waals surface area contributed by atoms with E-state index in [-0.39, 0.29) is 5.91 Å². The van der Waals surface area contributed by atoms with Crippen molar-refractivity contribution in [1.82, 2.24) is 5.32 Å². The third kappa shape index (κ3) is 1.84. The maximum absolute atomic E-state index is 11.3. The predicted octanol–water partition coefficient (Wildman–Crippen LogP) is 0.803. The Morgan fingerprint density at radius 3 is 3.00 bits per heavy atom. The van der Waals surface area contributed by atoms with Gasteiger partial charge in [0.2, 0.25) is 5.91 Å². The highest BCUT2D eigenvalue weighted by Gasteiger charge is 2.20. The molecule has 1 saturated heterocycles. The largest absolute Gasteiger partial charge is 0.359 e. The van der Waals surface area contributed by atoms with Gasteiger partial charge >= 0.3 is 0 Å². The minimum atomic E-state index is 0.0124. The van der Waals surface area contributed by atoms with Gasteiger partial charge in [-0.2, -0.15) is 5.26 Å². The molecule has 1 amide bonds. The SMILES string of the molecule is Cc1cccc(C#N)c1N1CCNC(=O)C1. The van der Waals surface area contributed by atoms with Crippen molar-refractivity contribution in [1.29, 1.82) is 5.26 Å². The molecular weight excluding hydrogens is 202 g/mol. The van der Waals surface area contributed by atoms with Gasteiger partial charge in [0, 0.05) is 13.1 Å². The van der Waals surface area contributed by atoms with Crippen LogP contribution < -0.4 is 10.2 Å². The Bertz CT molecular complexity index is 462. The zero-order chi connectivity index (χ0) is 11.5. The monoisotopic (exact) mass is 215 g/mol. The number of carbonyl (C=O) groups excluding carboxylic acids is 1. The molecule has 0 aromatic heterocycles. The number of aryl methyl sites for hydroxylation is 1. The first-order valence-electron chi connectivity index (χ1n) is 5.23. The number of piperazine rings is 1. The van der Waals surface area contributed by atoms with Crippen molar-refractivity contribution in [3.05, 3.63) is 29.3 Å². The number of hydrogen-bond donors (Lipinski definition) is 1. The van der Waals surface area contributed by atoms with Crippen LogP contribution >= 0.6 is 0 Å². The molecule has 1 heterocycles. The minimum Gasteiger partial charge on any atom is -0.359 e. The van der Waals surface area contributed by atoms with E-state index in [2.05, 4.69) is 11.4 Å². The second-order valence-corrected chi connectivity index (χ2v) is 3.85. The average molecular weight is 215 g/mol. The molecule has 16 heavy (non-hydrogen) atoms. The van der Waals surface area contributed by atoms with Crippen LogP contribution in [0, 0.1) is 18.3 Å². The van der Waals surface area contributed by atoms with E-state index in [4.69, 9.17) is 5.26 Å². The number of nitriles is 1. The van der Waals surface area contributed by atoms with Crippen molar-refractivity contribution in [2.24, 2.45) is 0 Å². The molecular formula is C12H13N3O. The van der Waals surface area contributed by atoms with Crippen molar-refractivity contribution in [2.45, 2.75) is 6.92 Å². The fourth-order valence-corrected chi connectivity index (χ4v) is 2.00. The molecule has 1 N–H and O–H groups in total. The van der Waals surface area contributed by atoms with Crippen LogP contribution in [0.25, 0.3) is 0 Å². The van der Waals surface area contributed by atoms with E-state index in [0.717, 1.165) is 17.8 Å². The highest BCUT2D eigenvalue weighted by atomic mass is 16.2. The van der Waals surface area contributed by atoms with E-state index >= 15 is 0 Å². The van der Waals surface area contributed by atoms with E-state index in [0.29, 0.717) is 18.7 Å². The Kier molecular flexibility index (Phi) is 2.78. The molecule has 0 radical (unpaired) electrons. The molecule has 1 fully saturated rings. The number of amides is 1. The van der Waals surface area contributed by atoms with Gasteiger partial charge < -0.3 is 10.2 Å². The molecule has 1 aromatic rings. The number of anilines is 1. The van der Waals surface area contributed by atoms with Gasteiger partial charge in [-0.1, -0.05) is 12.1 Å². The number of carbonyl (C=O) groups is 1. The van der Waals surface area contributed by atoms with Crippen LogP contribution in [0.2, 0.25) is 0 Å². The molecule has 0 aliphatic carbocycles. The van der Waals surface area contributed by atoms with Crippen molar-refractivity contribution in [3.8, 4) is 6.07 Å². The normalized spacial score (nSPS) is 15.5. The van der Waals surface area contributed by atoms with Gasteiger partial charge in [-0.25, -0.2) is 0 Å². The zero-order valence-electron chi connectivity index (χ0n) is 9.16. The first-order chi connectivity index (χ1) is 7.72. The Hall–Kier alpha value is -2.02. The number of hydrogen-bond acceptors (Lipinski definition) is 3. The van der Waals surface area contributed by atoms with Gasteiger partial charge in [0.05, 0.1) is 17.8 Å². The van der Waals surface area contributed by atoms with Gasteiger partial charge in [-0.05, 0) is 18.6 Å². The molecule has 0 unspecified atom stereocenters. The summed E-state index contributed by atoms with van der Waals surface area (Å²) in [5.74, 6) is 0.0124. The molecule has 0 saturated carbocycles. The lowest BCUT2D eigenvalue weighted by Gasteiger charge is -2.30. The third-order valence-electron chi connectivity index (χ3n) is 2.71. The average Bonchev–Trinajstić information content (AvgIpc) is 2.28. The molecule has 1 aromatic carbocycles. The lowest BCUT2D eigenvalue weighted by atomic mass is 10.1. The summed E-state index contributed by atoms with van der Waals surface area (Å²) in [7, 11) is 0. The Morgan fingerprint density at radius 1 is 1.50 bits per heavy atom. The quantitative estimate of drug-likeness (QED) is 0.754. The minimum absolute atomic E-state index is 0.0124. The lowest BCUT2D eigenvalue weighted by Crippen LogP contribution is -2.48. The Balaban J connectivity index is 2.39. The highest BCUT2D eigenvalue weighted by Crippen LogP contribution is 2.24. The second kappa shape index (κ2) is 4.23. The fraction of sp³-hybridized carbons (Fsp3) is 0.333. The van der Waals surface area contributed by atoms with Crippen molar-refractivity contribution < 1.29 is 4.79 Å². The van der Waals surface area contributed by atoms with E-state index < -0.39 is 0 Å². The Morgan fingerprint density at radius 2 is 2.31 bits per heavy atom. The van der Waals surface area contributed by atoms with Gasteiger partial charge in [-0.3, -0.25) is 4.79 Å². The van der Waals surface area contributed by atoms with Crippen molar-refractivity contribution >= 4 is 11.6 Å². The Labute approximate surface area is 94.5 Å². The first kappa shape index (κ1) is 10.5. The van der Waals surface area contributed by atoms with Crippen molar-refractivity contribution in [3.63, 3.8) is 0 Å². The van der Waals surface area contributed by atoms with E-state index in [9.17, 15) is 4.79 Å². The summed E-state index contributed by atoms with van der Waals surface area (Å²) in [5, 5.41) is 11.8. The van der Waals surface area contributed by atoms with E-state index in [1.54, 1.807) is 6.07 Å². The van der Waals surface area contributed by atoms with Gasteiger partial charge in [-0.15, -0.1) is 0 Å². The smallest absolute Gasteiger partial charge is 0.239 e. The lowest BCUT2D eigenvalue weighted by molar-refractivity contribution is -0.120. The summed E-state index contributed by atoms with van der Waals surface area (Å²) in [5.41, 5.74) is 2.56. The van der Waals surface area contributed by atoms with E-state index in [1.165, 1.54) is 0 Å². The summed E-state index contributed by atoms with van der Waals surface area (Å²) < 4.78 is 0. The number of para-hydroxylation sites is 1. The molecule has 0 spiro atoms. The predicted molar refractivity (Wildman–Crippen MR) is 61.1 cm³/mol. The maximum Gasteiger partial charge on any atom is 0.239 e. The molecule has 1 aliphatic heterocycles. The summed E-state index contributed by atoms with van der Waals surface area (Å²) in [6, 6.07) is 7.79. The molecule has 4 heteroatoms. The summed E-state index contributed by atoms with van der Waals surface area (Å²) in [4.78, 5) is 13.3. The number of benzene rings is 1. The van der Waals surface area contributed by atoms with Crippen LogP contribution in [0.1, 0.15) is 11.1 Å². The molecule has 0 atom stereocenters. The summed E-state index contributed by atoms with van der Waals surface area (Å²) >= 11 is 0. The maximum atomic E-state index is 11.3. The van der Waals surface area contributed by atoms with Crippen LogP contribution in [0.3, 0.4) is 0 Å². The van der Waals surface area contributed by atoms with Crippen LogP contribution in [-0.2, 0) is 4.79 Å². The zero-order valence-corrected chi connectivity index (χ0v) is 9.16. The summed E-state index contributed by atoms with van der Waals surface area (Å²) in [6.07, 6.45) is 0. The van der Waals surface area contributed by atoms with Crippen LogP contribution in [-0.4, -0.2) is 25.5 Å². The highest BCUT2D eigenvalue weighted by molar-refractivity contribution is 5.83. The molecule has 0 bridgehead atoms. The number of rotatable bonds is 1. The molecule has 1 aliphatic rings. The second-order valence-electron chi connectivity index (χ2n) is 3.85. The fourth-order valence-electron chi connectivity index (χ4n) is 2.00. The van der Waals surface area contributed by atoms with Crippen LogP contribution in [0.4, 0.5) is 5.69 Å². The van der Waals surface area contributed by atoms with Gasteiger partial charge in [0.1, 0.15) is 6.07 Å². The van der Waals surface area contributed by atoms with Gasteiger partial charge in [0.25, 0.3) is 0 Å². The summed E-state index contributed by atoms with van der Waals surface area (Å²) in [6.45, 7) is 3.69.